The van der Waals surface area contributed by atoms with E-state index in [1.54, 1.807) is 6.20 Å². The number of hydrogen-bond donors (Lipinski definition) is 1. The van der Waals surface area contributed by atoms with Gasteiger partial charge in [-0.05, 0) is 93.5 Å². The molecule has 0 unspecified atom stereocenters. The van der Waals surface area contributed by atoms with Crippen LogP contribution < -0.4 is 5.32 Å². The van der Waals surface area contributed by atoms with Crippen molar-refractivity contribution in [2.45, 2.75) is 105 Å². The number of carbonyl (C=O) groups is 3. The summed E-state index contributed by atoms with van der Waals surface area (Å²) in [5.74, 6) is 0.756. The molecule has 3 saturated carbocycles. The van der Waals surface area contributed by atoms with Gasteiger partial charge in [-0.25, -0.2) is 0 Å². The topological polar surface area (TPSA) is 98.5 Å². The predicted molar refractivity (Wildman–Crippen MR) is 150 cm³/mol. The fourth-order valence-corrected chi connectivity index (χ4v) is 10.9. The van der Waals surface area contributed by atoms with Crippen LogP contribution >= 0.6 is 0 Å². The fraction of sp³-hybridized carbons (Fsp3) is 0.758. The predicted octanol–water partition coefficient (Wildman–Crippen LogP) is 5.92. The Morgan fingerprint density at radius 1 is 1.12 bits per heavy atom. The Kier molecular flexibility index (Phi) is 5.92. The molecule has 5 aliphatic carbocycles. The van der Waals surface area contributed by atoms with Crippen LogP contribution in [-0.4, -0.2) is 29.9 Å². The maximum atomic E-state index is 14.6. The molecular formula is C33H46N2O5. The van der Waals surface area contributed by atoms with Gasteiger partial charge in [0.1, 0.15) is 0 Å². The average Bonchev–Trinajstić information content (AvgIpc) is 3.34. The lowest BCUT2D eigenvalue weighted by Gasteiger charge is -2.69. The highest BCUT2D eigenvalue weighted by Crippen LogP contribution is 2.74. The Morgan fingerprint density at radius 3 is 2.55 bits per heavy atom. The van der Waals surface area contributed by atoms with Crippen molar-refractivity contribution in [3.8, 4) is 0 Å². The maximum Gasteiger partial charge on any atom is 0.294 e. The fourth-order valence-electron chi connectivity index (χ4n) is 10.9. The second-order valence-electron chi connectivity index (χ2n) is 15.4. The summed E-state index contributed by atoms with van der Waals surface area (Å²) in [6, 6.07) is 0. The van der Waals surface area contributed by atoms with E-state index in [9.17, 15) is 14.4 Å². The van der Waals surface area contributed by atoms with Gasteiger partial charge in [0.05, 0.1) is 11.6 Å². The minimum atomic E-state index is -0.948. The highest BCUT2D eigenvalue weighted by atomic mass is 16.6. The largest absolute Gasteiger partial charge is 0.453 e. The van der Waals surface area contributed by atoms with Crippen LogP contribution in [0.25, 0.3) is 0 Å². The zero-order valence-electron chi connectivity index (χ0n) is 25.3. The first-order valence-electron chi connectivity index (χ1n) is 15.3. The molecule has 6 rings (SSSR count). The molecule has 0 spiro atoms. The van der Waals surface area contributed by atoms with Crippen molar-refractivity contribution in [1.82, 2.24) is 10.5 Å². The standard InChI is InChI=1S/C33H46N2O5/c1-8-34-27(38)33-13-11-28(2,3)17-21(33)25-22(37)15-24-29(4)16-20-18-35-40-26(20)32(7,39-19-36)23(29)9-10-30(24,5)31(25,6)12-14-33/h15,18-19,21,23,25H,8-14,16-17H2,1-7H3,(H,34,38)/t21-,23+,25-,29-,30+,31+,32-,33-/m0/s1. The Labute approximate surface area is 238 Å². The molecule has 0 aromatic carbocycles. The average molecular weight is 551 g/mol. The summed E-state index contributed by atoms with van der Waals surface area (Å²) in [6.07, 6.45) is 10.6. The van der Waals surface area contributed by atoms with E-state index in [-0.39, 0.29) is 45.7 Å². The number of carbonyl (C=O) groups excluding carboxylic acids is 3. The molecule has 218 valence electrons. The van der Waals surface area contributed by atoms with Crippen molar-refractivity contribution >= 4 is 18.2 Å². The zero-order chi connectivity index (χ0) is 28.9. The first-order chi connectivity index (χ1) is 18.7. The van der Waals surface area contributed by atoms with Gasteiger partial charge in [0.2, 0.25) is 5.91 Å². The quantitative estimate of drug-likeness (QED) is 0.468. The van der Waals surface area contributed by atoms with Gasteiger partial charge in [-0.1, -0.05) is 45.3 Å². The van der Waals surface area contributed by atoms with Gasteiger partial charge < -0.3 is 14.6 Å². The van der Waals surface area contributed by atoms with Crippen molar-refractivity contribution in [2.24, 2.45) is 44.8 Å². The third-order valence-corrected chi connectivity index (χ3v) is 13.1. The molecule has 1 aromatic heterocycles. The molecule has 1 aromatic rings. The van der Waals surface area contributed by atoms with E-state index in [0.717, 1.165) is 50.5 Å². The molecule has 7 nitrogen and oxygen atoms in total. The van der Waals surface area contributed by atoms with Gasteiger partial charge in [0, 0.05) is 29.4 Å². The van der Waals surface area contributed by atoms with E-state index >= 15 is 0 Å². The first kappa shape index (κ1) is 27.7. The van der Waals surface area contributed by atoms with E-state index in [4.69, 9.17) is 9.26 Å². The summed E-state index contributed by atoms with van der Waals surface area (Å²) in [5, 5.41) is 7.26. The van der Waals surface area contributed by atoms with Crippen molar-refractivity contribution < 1.29 is 23.6 Å². The minimum Gasteiger partial charge on any atom is -0.453 e. The molecule has 7 heteroatoms. The molecule has 1 heterocycles. The van der Waals surface area contributed by atoms with Crippen LogP contribution in [0.4, 0.5) is 0 Å². The Balaban J connectivity index is 1.50. The van der Waals surface area contributed by atoms with E-state index in [1.165, 1.54) is 5.57 Å². The molecule has 0 bridgehead atoms. The summed E-state index contributed by atoms with van der Waals surface area (Å²) in [7, 11) is 0. The number of rotatable bonds is 4. The first-order valence-corrected chi connectivity index (χ1v) is 15.3. The number of ether oxygens (including phenoxy) is 1. The summed E-state index contributed by atoms with van der Waals surface area (Å²) >= 11 is 0. The van der Waals surface area contributed by atoms with Crippen LogP contribution in [0.5, 0.6) is 0 Å². The smallest absolute Gasteiger partial charge is 0.294 e. The zero-order valence-corrected chi connectivity index (χ0v) is 25.3. The van der Waals surface area contributed by atoms with Gasteiger partial charge in [-0.2, -0.15) is 0 Å². The summed E-state index contributed by atoms with van der Waals surface area (Å²) in [4.78, 5) is 40.1. The Hall–Kier alpha value is -2.44. The molecular weight excluding hydrogens is 504 g/mol. The van der Waals surface area contributed by atoms with Crippen LogP contribution in [-0.2, 0) is 31.1 Å². The van der Waals surface area contributed by atoms with Crippen molar-refractivity contribution in [1.29, 1.82) is 0 Å². The van der Waals surface area contributed by atoms with Gasteiger partial charge >= 0.3 is 0 Å². The second-order valence-corrected chi connectivity index (χ2v) is 15.4. The number of aromatic nitrogens is 1. The molecule has 8 atom stereocenters. The second kappa shape index (κ2) is 8.54. The molecule has 1 amide bonds. The molecule has 1 N–H and O–H groups in total. The number of hydrogen-bond acceptors (Lipinski definition) is 6. The van der Waals surface area contributed by atoms with Gasteiger partial charge in [0.25, 0.3) is 6.47 Å². The molecule has 0 aliphatic heterocycles. The van der Waals surface area contributed by atoms with Crippen LogP contribution in [0.3, 0.4) is 0 Å². The van der Waals surface area contributed by atoms with Crippen LogP contribution in [0.1, 0.15) is 105 Å². The number of nitrogens with one attached hydrogen (secondary N) is 1. The monoisotopic (exact) mass is 550 g/mol. The van der Waals surface area contributed by atoms with E-state index in [0.29, 0.717) is 25.2 Å². The van der Waals surface area contributed by atoms with Crippen molar-refractivity contribution in [2.75, 3.05) is 6.54 Å². The number of amides is 1. The normalized spacial score (nSPS) is 45.0. The number of nitrogens with zero attached hydrogens (tertiary/aromatic N) is 1. The molecule has 0 radical (unpaired) electrons. The lowest BCUT2D eigenvalue weighted by atomic mass is 9.34. The summed E-state index contributed by atoms with van der Waals surface area (Å²) in [5.41, 5.74) is -0.0869. The molecule has 5 aliphatic rings. The van der Waals surface area contributed by atoms with Gasteiger partial charge in [0.15, 0.2) is 17.1 Å². The minimum absolute atomic E-state index is 0.0221. The highest BCUT2D eigenvalue weighted by molar-refractivity contribution is 5.96. The lowest BCUT2D eigenvalue weighted by molar-refractivity contribution is -0.190. The third-order valence-electron chi connectivity index (χ3n) is 13.1. The third kappa shape index (κ3) is 3.29. The van der Waals surface area contributed by atoms with E-state index in [1.807, 2.05) is 19.9 Å². The lowest BCUT2D eigenvalue weighted by Crippen LogP contribution is -2.67. The van der Waals surface area contributed by atoms with Crippen molar-refractivity contribution in [3.05, 3.63) is 29.2 Å². The van der Waals surface area contributed by atoms with E-state index in [2.05, 4.69) is 45.1 Å². The van der Waals surface area contributed by atoms with Gasteiger partial charge in [-0.15, -0.1) is 0 Å². The van der Waals surface area contributed by atoms with Crippen LogP contribution in [0.15, 0.2) is 22.4 Å². The molecule has 40 heavy (non-hydrogen) atoms. The van der Waals surface area contributed by atoms with Gasteiger partial charge in [-0.3, -0.25) is 14.4 Å². The highest BCUT2D eigenvalue weighted by Gasteiger charge is 2.71. The summed E-state index contributed by atoms with van der Waals surface area (Å²) in [6.45, 7) is 16.7. The number of fused-ring (bicyclic) bond motifs is 8. The van der Waals surface area contributed by atoms with E-state index < -0.39 is 16.4 Å². The van der Waals surface area contributed by atoms with Crippen molar-refractivity contribution in [3.63, 3.8) is 0 Å². The Morgan fingerprint density at radius 2 is 1.85 bits per heavy atom. The SMILES string of the molecule is CCNC(=O)[C@]12CCC(C)(C)C[C@H]1[C@H]1C(=O)C=C3[C@@]4(C)Cc5cnoc5[C@@](C)(OC=O)[C@@H]4CC[C@@]3(C)[C@]1(C)CC2. The summed E-state index contributed by atoms with van der Waals surface area (Å²) < 4.78 is 11.5. The molecule has 3 fully saturated rings. The van der Waals surface area contributed by atoms with Crippen LogP contribution in [0, 0.1) is 44.8 Å². The van der Waals surface area contributed by atoms with Crippen LogP contribution in [0.2, 0.25) is 0 Å². The maximum absolute atomic E-state index is 14.6. The molecule has 0 saturated heterocycles. The number of ketones is 1. The number of allylic oxidation sites excluding steroid dienone is 2. The Bertz CT molecular complexity index is 1300.